The van der Waals surface area contributed by atoms with E-state index in [1.54, 1.807) is 13.2 Å². The third kappa shape index (κ3) is 1.83. The molecule has 16 heavy (non-hydrogen) atoms. The second-order valence-electron chi connectivity index (χ2n) is 3.54. The second kappa shape index (κ2) is 4.44. The molecular formula is C10H15N5O. The number of nitrogens with zero attached hydrogens (tertiary/aromatic N) is 4. The van der Waals surface area contributed by atoms with Gasteiger partial charge in [-0.2, -0.15) is 4.98 Å². The standard InChI is InChI=1S/C10H15N5O/c1-7-13-8-6-12-10(11-2)14-9(8)15(7)4-3-5-16/h6,16H,3-5H2,1-2H3,(H,11,12,14). The minimum Gasteiger partial charge on any atom is -0.396 e. The third-order valence-electron chi connectivity index (χ3n) is 2.44. The zero-order valence-corrected chi connectivity index (χ0v) is 9.43. The number of aliphatic hydroxyl groups is 1. The first-order valence-corrected chi connectivity index (χ1v) is 5.24. The maximum atomic E-state index is 8.85. The van der Waals surface area contributed by atoms with Crippen molar-refractivity contribution in [3.05, 3.63) is 12.0 Å². The molecule has 0 saturated carbocycles. The summed E-state index contributed by atoms with van der Waals surface area (Å²) in [5, 5.41) is 11.7. The largest absolute Gasteiger partial charge is 0.396 e. The average molecular weight is 221 g/mol. The Morgan fingerprint density at radius 2 is 2.25 bits per heavy atom. The van der Waals surface area contributed by atoms with Crippen molar-refractivity contribution < 1.29 is 5.11 Å². The smallest absolute Gasteiger partial charge is 0.224 e. The van der Waals surface area contributed by atoms with E-state index < -0.39 is 0 Å². The first-order chi connectivity index (χ1) is 7.76. The first kappa shape index (κ1) is 10.8. The number of anilines is 1. The van der Waals surface area contributed by atoms with Crippen molar-refractivity contribution in [3.8, 4) is 0 Å². The van der Waals surface area contributed by atoms with E-state index >= 15 is 0 Å². The molecule has 0 aromatic carbocycles. The molecule has 0 aliphatic rings. The van der Waals surface area contributed by atoms with Crippen LogP contribution in [0.25, 0.3) is 11.2 Å². The Kier molecular flexibility index (Phi) is 3.00. The van der Waals surface area contributed by atoms with E-state index in [0.29, 0.717) is 12.4 Å². The van der Waals surface area contributed by atoms with Gasteiger partial charge in [0.1, 0.15) is 11.3 Å². The number of aryl methyl sites for hydroxylation is 2. The molecule has 2 rings (SSSR count). The van der Waals surface area contributed by atoms with Crippen molar-refractivity contribution in [2.24, 2.45) is 0 Å². The maximum Gasteiger partial charge on any atom is 0.224 e. The monoisotopic (exact) mass is 221 g/mol. The number of rotatable bonds is 4. The Hall–Kier alpha value is -1.69. The molecule has 0 fully saturated rings. The number of nitrogens with one attached hydrogen (secondary N) is 1. The highest BCUT2D eigenvalue weighted by molar-refractivity contribution is 5.71. The van der Waals surface area contributed by atoms with Crippen LogP contribution < -0.4 is 5.32 Å². The van der Waals surface area contributed by atoms with E-state index in [0.717, 1.165) is 23.5 Å². The summed E-state index contributed by atoms with van der Waals surface area (Å²) in [7, 11) is 1.78. The van der Waals surface area contributed by atoms with Crippen molar-refractivity contribution >= 4 is 17.1 Å². The van der Waals surface area contributed by atoms with Crippen LogP contribution in [0.4, 0.5) is 5.95 Å². The van der Waals surface area contributed by atoms with Gasteiger partial charge in [-0.25, -0.2) is 9.97 Å². The zero-order valence-electron chi connectivity index (χ0n) is 9.43. The zero-order chi connectivity index (χ0) is 11.5. The fourth-order valence-electron chi connectivity index (χ4n) is 1.65. The Morgan fingerprint density at radius 1 is 1.44 bits per heavy atom. The lowest BCUT2D eigenvalue weighted by Crippen LogP contribution is -2.04. The molecule has 0 saturated heterocycles. The lowest BCUT2D eigenvalue weighted by molar-refractivity contribution is 0.280. The number of aromatic nitrogens is 4. The molecular weight excluding hydrogens is 206 g/mol. The Labute approximate surface area is 93.4 Å². The highest BCUT2D eigenvalue weighted by Gasteiger charge is 2.09. The SMILES string of the molecule is CNc1ncc2nc(C)n(CCCO)c2n1. The highest BCUT2D eigenvalue weighted by atomic mass is 16.3. The van der Waals surface area contributed by atoms with Gasteiger partial charge in [-0.05, 0) is 13.3 Å². The molecule has 0 atom stereocenters. The summed E-state index contributed by atoms with van der Waals surface area (Å²) in [5.41, 5.74) is 1.60. The van der Waals surface area contributed by atoms with E-state index in [1.165, 1.54) is 0 Å². The first-order valence-electron chi connectivity index (χ1n) is 5.24. The van der Waals surface area contributed by atoms with Gasteiger partial charge >= 0.3 is 0 Å². The summed E-state index contributed by atoms with van der Waals surface area (Å²) in [6, 6.07) is 0. The third-order valence-corrected chi connectivity index (χ3v) is 2.44. The fourth-order valence-corrected chi connectivity index (χ4v) is 1.65. The molecule has 2 aromatic rings. The molecule has 0 aliphatic carbocycles. The average Bonchev–Trinajstić information content (AvgIpc) is 2.61. The summed E-state index contributed by atoms with van der Waals surface area (Å²) < 4.78 is 1.99. The van der Waals surface area contributed by atoms with Gasteiger partial charge in [-0.1, -0.05) is 0 Å². The minimum absolute atomic E-state index is 0.170. The van der Waals surface area contributed by atoms with Crippen LogP contribution in [0, 0.1) is 6.92 Å². The van der Waals surface area contributed by atoms with Crippen LogP contribution in [0.15, 0.2) is 6.20 Å². The van der Waals surface area contributed by atoms with Crippen molar-refractivity contribution in [1.82, 2.24) is 19.5 Å². The Balaban J connectivity index is 2.48. The Bertz CT molecular complexity index is 493. The van der Waals surface area contributed by atoms with Gasteiger partial charge in [0.05, 0.1) is 6.20 Å². The predicted octanol–water partition coefficient (Wildman–Crippen LogP) is 0.559. The van der Waals surface area contributed by atoms with E-state index in [4.69, 9.17) is 5.11 Å². The van der Waals surface area contributed by atoms with Crippen LogP contribution in [0.2, 0.25) is 0 Å². The second-order valence-corrected chi connectivity index (χ2v) is 3.54. The van der Waals surface area contributed by atoms with Crippen LogP contribution in [0.1, 0.15) is 12.2 Å². The molecule has 86 valence electrons. The van der Waals surface area contributed by atoms with Crippen LogP contribution in [-0.2, 0) is 6.54 Å². The van der Waals surface area contributed by atoms with Crippen LogP contribution in [-0.4, -0.2) is 38.3 Å². The van der Waals surface area contributed by atoms with E-state index in [1.807, 2.05) is 11.5 Å². The van der Waals surface area contributed by atoms with Gasteiger partial charge < -0.3 is 15.0 Å². The fraction of sp³-hybridized carbons (Fsp3) is 0.500. The molecule has 0 bridgehead atoms. The summed E-state index contributed by atoms with van der Waals surface area (Å²) >= 11 is 0. The normalized spacial score (nSPS) is 10.9. The number of hydrogen-bond donors (Lipinski definition) is 2. The van der Waals surface area contributed by atoms with Gasteiger partial charge in [-0.3, -0.25) is 0 Å². The molecule has 2 aromatic heterocycles. The van der Waals surface area contributed by atoms with Crippen molar-refractivity contribution in [2.45, 2.75) is 19.9 Å². The molecule has 6 heteroatoms. The molecule has 0 spiro atoms. The summed E-state index contributed by atoms with van der Waals surface area (Å²) in [4.78, 5) is 12.8. The Morgan fingerprint density at radius 3 is 2.94 bits per heavy atom. The van der Waals surface area contributed by atoms with E-state index in [-0.39, 0.29) is 6.61 Å². The van der Waals surface area contributed by atoms with E-state index in [2.05, 4.69) is 20.3 Å². The topological polar surface area (TPSA) is 75.9 Å². The van der Waals surface area contributed by atoms with Crippen molar-refractivity contribution in [1.29, 1.82) is 0 Å². The van der Waals surface area contributed by atoms with Crippen LogP contribution in [0.3, 0.4) is 0 Å². The summed E-state index contributed by atoms with van der Waals surface area (Å²) in [5.74, 6) is 1.48. The number of fused-ring (bicyclic) bond motifs is 1. The van der Waals surface area contributed by atoms with Gasteiger partial charge in [-0.15, -0.1) is 0 Å². The van der Waals surface area contributed by atoms with Gasteiger partial charge in [0, 0.05) is 20.2 Å². The molecule has 6 nitrogen and oxygen atoms in total. The van der Waals surface area contributed by atoms with Gasteiger partial charge in [0.25, 0.3) is 0 Å². The maximum absolute atomic E-state index is 8.85. The summed E-state index contributed by atoms with van der Waals surface area (Å²) in [6.07, 6.45) is 2.40. The molecule has 0 unspecified atom stereocenters. The number of aliphatic hydroxyl groups excluding tert-OH is 1. The lowest BCUT2D eigenvalue weighted by atomic mass is 10.4. The summed E-state index contributed by atoms with van der Waals surface area (Å²) in [6.45, 7) is 2.82. The van der Waals surface area contributed by atoms with Gasteiger partial charge in [0.2, 0.25) is 5.95 Å². The molecule has 2 heterocycles. The lowest BCUT2D eigenvalue weighted by Gasteiger charge is -2.04. The minimum atomic E-state index is 0.170. The quantitative estimate of drug-likeness (QED) is 0.789. The molecule has 0 radical (unpaired) electrons. The van der Waals surface area contributed by atoms with Crippen molar-refractivity contribution in [3.63, 3.8) is 0 Å². The van der Waals surface area contributed by atoms with Crippen LogP contribution in [0.5, 0.6) is 0 Å². The van der Waals surface area contributed by atoms with Crippen molar-refractivity contribution in [2.75, 3.05) is 19.0 Å². The predicted molar refractivity (Wildman–Crippen MR) is 61.3 cm³/mol. The van der Waals surface area contributed by atoms with E-state index in [9.17, 15) is 0 Å². The number of hydrogen-bond acceptors (Lipinski definition) is 5. The number of imidazole rings is 1. The molecule has 2 N–H and O–H groups in total. The van der Waals surface area contributed by atoms with Crippen LogP contribution >= 0.6 is 0 Å². The molecule has 0 aliphatic heterocycles. The highest BCUT2D eigenvalue weighted by Crippen LogP contribution is 2.14. The molecule has 0 amide bonds. The van der Waals surface area contributed by atoms with Gasteiger partial charge in [0.15, 0.2) is 5.65 Å².